The van der Waals surface area contributed by atoms with Crippen molar-refractivity contribution in [3.05, 3.63) is 0 Å². The second kappa shape index (κ2) is 6.12. The highest BCUT2D eigenvalue weighted by Gasteiger charge is 2.23. The molecule has 0 amide bonds. The lowest BCUT2D eigenvalue weighted by Gasteiger charge is -2.36. The normalized spacial score (nSPS) is 30.8. The zero-order chi connectivity index (χ0) is 11.4. The van der Waals surface area contributed by atoms with E-state index >= 15 is 0 Å². The van der Waals surface area contributed by atoms with E-state index in [9.17, 15) is 0 Å². The van der Waals surface area contributed by atoms with Gasteiger partial charge in [-0.25, -0.2) is 0 Å². The van der Waals surface area contributed by atoms with E-state index < -0.39 is 0 Å². The van der Waals surface area contributed by atoms with Gasteiger partial charge in [0.15, 0.2) is 0 Å². The average Bonchev–Trinajstić information content (AvgIpc) is 1.98. The van der Waals surface area contributed by atoms with E-state index in [0.29, 0.717) is 12.0 Å². The molecule has 2 nitrogen and oxygen atoms in total. The quantitative estimate of drug-likeness (QED) is 0.803. The average molecular weight is 230 g/mol. The Kier molecular flexibility index (Phi) is 5.44. The lowest BCUT2D eigenvalue weighted by Crippen LogP contribution is -2.46. The monoisotopic (exact) mass is 230 g/mol. The van der Waals surface area contributed by atoms with Crippen LogP contribution in [0.15, 0.2) is 0 Å². The molecule has 1 rings (SSSR count). The zero-order valence-electron chi connectivity index (χ0n) is 10.6. The Balaban J connectivity index is 2.30. The Bertz CT molecular complexity index is 174. The summed E-state index contributed by atoms with van der Waals surface area (Å²) in [5.74, 6) is 0.717. The maximum Gasteiger partial charge on any atom is 0.0170 e. The van der Waals surface area contributed by atoms with E-state index in [-0.39, 0.29) is 0 Å². The molecule has 0 aromatic heterocycles. The Morgan fingerprint density at radius 1 is 1.27 bits per heavy atom. The summed E-state index contributed by atoms with van der Waals surface area (Å²) < 4.78 is 0. The summed E-state index contributed by atoms with van der Waals surface area (Å²) in [6.07, 6.45) is 1.15. The van der Waals surface area contributed by atoms with Gasteiger partial charge in [0.2, 0.25) is 0 Å². The lowest BCUT2D eigenvalue weighted by atomic mass is 10.0. The molecule has 1 saturated heterocycles. The third-order valence-electron chi connectivity index (χ3n) is 2.76. The third-order valence-corrected chi connectivity index (χ3v) is 3.99. The minimum absolute atomic E-state index is 0.354. The molecular formula is C12H26N2S. The maximum absolute atomic E-state index is 6.15. The molecule has 3 unspecified atom stereocenters. The van der Waals surface area contributed by atoms with Crippen LogP contribution < -0.4 is 5.73 Å². The van der Waals surface area contributed by atoms with Crippen molar-refractivity contribution in [2.24, 2.45) is 11.7 Å². The number of rotatable bonds is 4. The molecule has 3 atom stereocenters. The first-order valence-corrected chi connectivity index (χ1v) is 7.05. The number of thioether (sulfide) groups is 1. The minimum Gasteiger partial charge on any atom is -0.327 e. The number of hydrogen-bond acceptors (Lipinski definition) is 3. The Hall–Kier alpha value is 0.270. The van der Waals surface area contributed by atoms with Crippen LogP contribution >= 0.6 is 11.8 Å². The van der Waals surface area contributed by atoms with E-state index in [1.807, 2.05) is 0 Å². The molecule has 0 aromatic carbocycles. The number of nitrogens with two attached hydrogens (primary N) is 1. The van der Waals surface area contributed by atoms with Crippen molar-refractivity contribution in [3.8, 4) is 0 Å². The summed E-state index contributed by atoms with van der Waals surface area (Å²) in [5, 5.41) is 1.53. The van der Waals surface area contributed by atoms with Crippen LogP contribution in [0.2, 0.25) is 0 Å². The lowest BCUT2D eigenvalue weighted by molar-refractivity contribution is 0.243. The zero-order valence-corrected chi connectivity index (χ0v) is 11.4. The van der Waals surface area contributed by atoms with Crippen LogP contribution in [0.25, 0.3) is 0 Å². The Labute approximate surface area is 99.0 Å². The molecule has 1 heterocycles. The fraction of sp³-hybridized carbons (Fsp3) is 1.00. The summed E-state index contributed by atoms with van der Waals surface area (Å²) in [7, 11) is 0. The molecule has 0 aliphatic carbocycles. The van der Waals surface area contributed by atoms with Crippen LogP contribution in [-0.4, -0.2) is 41.1 Å². The van der Waals surface area contributed by atoms with E-state index in [0.717, 1.165) is 23.5 Å². The molecule has 90 valence electrons. The number of nitrogens with zero attached hydrogens (tertiary/aromatic N) is 1. The molecule has 0 radical (unpaired) electrons. The van der Waals surface area contributed by atoms with Crippen LogP contribution in [0.4, 0.5) is 0 Å². The highest BCUT2D eigenvalue weighted by molar-refractivity contribution is 8.00. The fourth-order valence-corrected chi connectivity index (χ4v) is 3.83. The summed E-state index contributed by atoms with van der Waals surface area (Å²) >= 11 is 2.10. The van der Waals surface area contributed by atoms with Gasteiger partial charge in [-0.05, 0) is 12.3 Å². The molecule has 0 aromatic rings. The largest absolute Gasteiger partial charge is 0.327 e. The molecule has 1 fully saturated rings. The molecule has 0 saturated carbocycles. The van der Waals surface area contributed by atoms with Crippen molar-refractivity contribution in [1.29, 1.82) is 0 Å². The predicted molar refractivity (Wildman–Crippen MR) is 70.4 cm³/mol. The van der Waals surface area contributed by atoms with Crippen molar-refractivity contribution in [3.63, 3.8) is 0 Å². The second-order valence-corrected chi connectivity index (χ2v) is 7.25. The van der Waals surface area contributed by atoms with Gasteiger partial charge < -0.3 is 5.73 Å². The Morgan fingerprint density at radius 3 is 2.27 bits per heavy atom. The summed E-state index contributed by atoms with van der Waals surface area (Å²) in [6, 6.07) is 0.354. The fourth-order valence-electron chi connectivity index (χ4n) is 2.45. The van der Waals surface area contributed by atoms with Crippen LogP contribution in [0.3, 0.4) is 0 Å². The van der Waals surface area contributed by atoms with Crippen LogP contribution in [-0.2, 0) is 0 Å². The summed E-state index contributed by atoms with van der Waals surface area (Å²) in [6.45, 7) is 12.6. The van der Waals surface area contributed by atoms with Crippen molar-refractivity contribution in [2.45, 2.75) is 50.7 Å². The second-order valence-electron chi connectivity index (χ2n) is 5.37. The van der Waals surface area contributed by atoms with Crippen molar-refractivity contribution in [2.75, 3.05) is 19.6 Å². The van der Waals surface area contributed by atoms with Crippen molar-refractivity contribution < 1.29 is 0 Å². The van der Waals surface area contributed by atoms with Crippen molar-refractivity contribution >= 4 is 11.8 Å². The first-order valence-electron chi connectivity index (χ1n) is 6.10. The van der Waals surface area contributed by atoms with Gasteiger partial charge in [-0.1, -0.05) is 27.7 Å². The molecule has 1 aliphatic rings. The topological polar surface area (TPSA) is 29.3 Å². The van der Waals surface area contributed by atoms with E-state index in [4.69, 9.17) is 5.73 Å². The van der Waals surface area contributed by atoms with Gasteiger partial charge in [0.05, 0.1) is 0 Å². The number of hydrogen-bond donors (Lipinski definition) is 1. The first kappa shape index (κ1) is 13.3. The van der Waals surface area contributed by atoms with Gasteiger partial charge in [-0.2, -0.15) is 11.8 Å². The maximum atomic E-state index is 6.15. The Morgan fingerprint density at radius 2 is 1.80 bits per heavy atom. The van der Waals surface area contributed by atoms with Gasteiger partial charge in [0.25, 0.3) is 0 Å². The summed E-state index contributed by atoms with van der Waals surface area (Å²) in [5.41, 5.74) is 6.15. The van der Waals surface area contributed by atoms with E-state index in [2.05, 4.69) is 44.4 Å². The minimum atomic E-state index is 0.354. The van der Waals surface area contributed by atoms with Gasteiger partial charge >= 0.3 is 0 Å². The van der Waals surface area contributed by atoms with Gasteiger partial charge in [-0.3, -0.25) is 4.90 Å². The van der Waals surface area contributed by atoms with E-state index in [1.54, 1.807) is 0 Å². The smallest absolute Gasteiger partial charge is 0.0170 e. The molecular weight excluding hydrogens is 204 g/mol. The summed E-state index contributed by atoms with van der Waals surface area (Å²) in [4.78, 5) is 2.54. The molecule has 0 spiro atoms. The van der Waals surface area contributed by atoms with Crippen molar-refractivity contribution in [1.82, 2.24) is 4.90 Å². The van der Waals surface area contributed by atoms with Gasteiger partial charge in [0.1, 0.15) is 0 Å². The predicted octanol–water partition coefficient (Wildman–Crippen LogP) is 2.19. The third kappa shape index (κ3) is 5.23. The molecule has 15 heavy (non-hydrogen) atoms. The standard InChI is InChI=1S/C12H26N2S/c1-9(2)5-12(13)8-14-6-10(3)15-11(4)7-14/h9-12H,5-8,13H2,1-4H3. The highest BCUT2D eigenvalue weighted by Crippen LogP contribution is 2.24. The van der Waals surface area contributed by atoms with Gasteiger partial charge in [0, 0.05) is 36.2 Å². The molecule has 1 aliphatic heterocycles. The van der Waals surface area contributed by atoms with E-state index in [1.165, 1.54) is 13.1 Å². The van der Waals surface area contributed by atoms with Crippen LogP contribution in [0.1, 0.15) is 34.1 Å². The van der Waals surface area contributed by atoms with Crippen LogP contribution in [0.5, 0.6) is 0 Å². The molecule has 0 bridgehead atoms. The molecule has 3 heteroatoms. The first-order chi connectivity index (χ1) is 6.97. The SMILES string of the molecule is CC(C)CC(N)CN1CC(C)SC(C)C1. The van der Waals surface area contributed by atoms with Crippen LogP contribution in [0, 0.1) is 5.92 Å². The highest BCUT2D eigenvalue weighted by atomic mass is 32.2. The van der Waals surface area contributed by atoms with Gasteiger partial charge in [-0.15, -0.1) is 0 Å². The molecule has 2 N–H and O–H groups in total.